The van der Waals surface area contributed by atoms with Gasteiger partial charge in [0, 0.05) is 12.3 Å². The van der Waals surface area contributed by atoms with Crippen LogP contribution in [-0.4, -0.2) is 17.9 Å². The molecule has 0 aliphatic carbocycles. The summed E-state index contributed by atoms with van der Waals surface area (Å²) in [7, 11) is 1.58. The fraction of sp³-hybridized carbons (Fsp3) is 0.286. The average Bonchev–Trinajstić information content (AvgIpc) is 2.81. The van der Waals surface area contributed by atoms with Crippen molar-refractivity contribution in [3.63, 3.8) is 0 Å². The Hall–Kier alpha value is -1.88. The highest BCUT2D eigenvalue weighted by Crippen LogP contribution is 2.26. The minimum Gasteiger partial charge on any atom is -0.497 e. The van der Waals surface area contributed by atoms with Crippen molar-refractivity contribution in [1.82, 2.24) is 4.98 Å². The van der Waals surface area contributed by atoms with Gasteiger partial charge < -0.3 is 9.47 Å². The van der Waals surface area contributed by atoms with Gasteiger partial charge in [0.2, 0.25) is 0 Å². The lowest BCUT2D eigenvalue weighted by Crippen LogP contribution is -2.01. The van der Waals surface area contributed by atoms with Crippen LogP contribution >= 0.6 is 11.3 Å². The maximum absolute atomic E-state index is 11.6. The number of benzene rings is 1. The van der Waals surface area contributed by atoms with Crippen LogP contribution in [0.1, 0.15) is 27.2 Å². The van der Waals surface area contributed by atoms with E-state index in [2.05, 4.69) is 4.98 Å². The van der Waals surface area contributed by atoms with Crippen LogP contribution in [0.3, 0.4) is 0 Å². The highest BCUT2D eigenvalue weighted by Gasteiger charge is 2.10. The Morgan fingerprint density at radius 3 is 2.79 bits per heavy atom. The highest BCUT2D eigenvalue weighted by atomic mass is 32.1. The molecule has 1 aromatic heterocycles. The second-order valence-corrected chi connectivity index (χ2v) is 5.37. The molecule has 0 spiro atoms. The summed E-state index contributed by atoms with van der Waals surface area (Å²) in [5, 5.41) is 0.996. The molecule has 0 saturated carbocycles. The predicted octanol–water partition coefficient (Wildman–Crippen LogP) is 3.24. The number of ether oxygens (including phenoxy) is 2. The molecule has 1 aromatic carbocycles. The van der Waals surface area contributed by atoms with Crippen LogP contribution < -0.4 is 9.47 Å². The normalized spacial score (nSPS) is 10.3. The van der Waals surface area contributed by atoms with Gasteiger partial charge in [-0.05, 0) is 26.0 Å². The summed E-state index contributed by atoms with van der Waals surface area (Å²) in [6.07, 6.45) is 1.79. The van der Waals surface area contributed by atoms with Crippen molar-refractivity contribution in [1.29, 1.82) is 0 Å². The molecule has 0 aliphatic heterocycles. The lowest BCUT2D eigenvalue weighted by Gasteiger charge is -2.10. The number of thiazole rings is 1. The fourth-order valence-corrected chi connectivity index (χ4v) is 2.37. The standard InChI is InChI=1S/C14H15NO3S/c1-9(16)13-5-4-11(17-3)6-14(13)18-8-12-7-15-10(2)19-12/h4-7H,8H2,1-3H3. The second kappa shape index (κ2) is 5.84. The van der Waals surface area contributed by atoms with Crippen LogP contribution in [0.4, 0.5) is 0 Å². The topological polar surface area (TPSA) is 48.4 Å². The lowest BCUT2D eigenvalue weighted by atomic mass is 10.1. The number of Topliss-reactive ketones (excluding diaryl/α,β-unsaturated/α-hetero) is 1. The number of hydrogen-bond donors (Lipinski definition) is 0. The number of carbonyl (C=O) groups is 1. The molecule has 2 rings (SSSR count). The summed E-state index contributed by atoms with van der Waals surface area (Å²) in [4.78, 5) is 16.7. The maximum Gasteiger partial charge on any atom is 0.163 e. The molecule has 0 aliphatic rings. The molecule has 0 amide bonds. The van der Waals surface area contributed by atoms with E-state index in [4.69, 9.17) is 9.47 Å². The Balaban J connectivity index is 2.19. The van der Waals surface area contributed by atoms with Gasteiger partial charge in [0.1, 0.15) is 18.1 Å². The largest absolute Gasteiger partial charge is 0.497 e. The summed E-state index contributed by atoms with van der Waals surface area (Å²) in [6.45, 7) is 3.87. The number of nitrogens with zero attached hydrogens (tertiary/aromatic N) is 1. The first-order chi connectivity index (χ1) is 9.10. The lowest BCUT2D eigenvalue weighted by molar-refractivity contribution is 0.101. The number of carbonyl (C=O) groups excluding carboxylic acids is 1. The zero-order valence-electron chi connectivity index (χ0n) is 11.1. The van der Waals surface area contributed by atoms with Crippen LogP contribution in [0.25, 0.3) is 0 Å². The first-order valence-corrected chi connectivity index (χ1v) is 6.65. The zero-order chi connectivity index (χ0) is 13.8. The predicted molar refractivity (Wildman–Crippen MR) is 74.2 cm³/mol. The van der Waals surface area contributed by atoms with E-state index in [0.29, 0.717) is 23.7 Å². The second-order valence-electron chi connectivity index (χ2n) is 4.05. The van der Waals surface area contributed by atoms with E-state index in [1.165, 1.54) is 6.92 Å². The molecule has 0 atom stereocenters. The molecule has 2 aromatic rings. The molecule has 0 unspecified atom stereocenters. The Kier molecular flexibility index (Phi) is 4.16. The van der Waals surface area contributed by atoms with Crippen molar-refractivity contribution in [3.05, 3.63) is 39.8 Å². The highest BCUT2D eigenvalue weighted by molar-refractivity contribution is 7.11. The van der Waals surface area contributed by atoms with E-state index < -0.39 is 0 Å². The maximum atomic E-state index is 11.6. The summed E-state index contributed by atoms with van der Waals surface area (Å²) < 4.78 is 10.9. The Morgan fingerprint density at radius 2 is 2.21 bits per heavy atom. The number of aromatic nitrogens is 1. The molecular formula is C14H15NO3S. The average molecular weight is 277 g/mol. The summed E-state index contributed by atoms with van der Waals surface area (Å²) in [5.41, 5.74) is 0.557. The molecule has 5 heteroatoms. The van der Waals surface area contributed by atoms with Gasteiger partial charge in [-0.2, -0.15) is 0 Å². The molecule has 1 heterocycles. The minimum absolute atomic E-state index is 0.0295. The van der Waals surface area contributed by atoms with Crippen LogP contribution in [-0.2, 0) is 6.61 Å². The van der Waals surface area contributed by atoms with Crippen molar-refractivity contribution in [3.8, 4) is 11.5 Å². The Bertz CT molecular complexity index is 592. The van der Waals surface area contributed by atoms with Crippen LogP contribution in [0, 0.1) is 6.92 Å². The van der Waals surface area contributed by atoms with E-state index in [0.717, 1.165) is 9.88 Å². The third-order valence-electron chi connectivity index (χ3n) is 2.61. The molecule has 0 saturated heterocycles. The number of rotatable bonds is 5. The van der Waals surface area contributed by atoms with E-state index in [1.807, 2.05) is 6.92 Å². The van der Waals surface area contributed by atoms with Gasteiger partial charge in [-0.3, -0.25) is 4.79 Å². The molecule has 19 heavy (non-hydrogen) atoms. The number of ketones is 1. The fourth-order valence-electron chi connectivity index (χ4n) is 1.66. The van der Waals surface area contributed by atoms with Crippen molar-refractivity contribution in [2.75, 3.05) is 7.11 Å². The Labute approximate surface area is 116 Å². The summed E-state index contributed by atoms with van der Waals surface area (Å²) >= 11 is 1.58. The van der Waals surface area contributed by atoms with Gasteiger partial charge in [-0.25, -0.2) is 4.98 Å². The molecule has 0 N–H and O–H groups in total. The van der Waals surface area contributed by atoms with Crippen LogP contribution in [0.15, 0.2) is 24.4 Å². The van der Waals surface area contributed by atoms with E-state index in [1.54, 1.807) is 42.8 Å². The smallest absolute Gasteiger partial charge is 0.163 e. The Morgan fingerprint density at radius 1 is 1.42 bits per heavy atom. The van der Waals surface area contributed by atoms with Crippen molar-refractivity contribution < 1.29 is 14.3 Å². The third-order valence-corrected chi connectivity index (χ3v) is 3.49. The molecule has 0 bridgehead atoms. The third kappa shape index (κ3) is 3.32. The van der Waals surface area contributed by atoms with Crippen molar-refractivity contribution in [2.24, 2.45) is 0 Å². The van der Waals surface area contributed by atoms with Gasteiger partial charge in [0.05, 0.1) is 22.6 Å². The molecule has 4 nitrogen and oxygen atoms in total. The first-order valence-electron chi connectivity index (χ1n) is 5.83. The SMILES string of the molecule is COc1ccc(C(C)=O)c(OCc2cnc(C)s2)c1. The van der Waals surface area contributed by atoms with Crippen LogP contribution in [0.2, 0.25) is 0 Å². The molecule has 0 fully saturated rings. The molecular weight excluding hydrogens is 262 g/mol. The number of methoxy groups -OCH3 is 1. The van der Waals surface area contributed by atoms with Crippen LogP contribution in [0.5, 0.6) is 11.5 Å². The van der Waals surface area contributed by atoms with Gasteiger partial charge in [-0.15, -0.1) is 11.3 Å². The monoisotopic (exact) mass is 277 g/mol. The number of hydrogen-bond acceptors (Lipinski definition) is 5. The van der Waals surface area contributed by atoms with Gasteiger partial charge in [-0.1, -0.05) is 0 Å². The van der Waals surface area contributed by atoms with Crippen molar-refractivity contribution >= 4 is 17.1 Å². The first kappa shape index (κ1) is 13.5. The van der Waals surface area contributed by atoms with Crippen molar-refractivity contribution in [2.45, 2.75) is 20.5 Å². The van der Waals surface area contributed by atoms with Gasteiger partial charge >= 0.3 is 0 Å². The zero-order valence-corrected chi connectivity index (χ0v) is 11.9. The van der Waals surface area contributed by atoms with E-state index >= 15 is 0 Å². The summed E-state index contributed by atoms with van der Waals surface area (Å²) in [6, 6.07) is 5.19. The molecule has 100 valence electrons. The van der Waals surface area contributed by atoms with E-state index in [-0.39, 0.29) is 5.78 Å². The van der Waals surface area contributed by atoms with Gasteiger partial charge in [0.25, 0.3) is 0 Å². The summed E-state index contributed by atoms with van der Waals surface area (Å²) in [5.74, 6) is 1.18. The minimum atomic E-state index is -0.0295. The molecule has 0 radical (unpaired) electrons. The van der Waals surface area contributed by atoms with E-state index in [9.17, 15) is 4.79 Å². The number of aryl methyl sites for hydroxylation is 1. The van der Waals surface area contributed by atoms with Gasteiger partial charge in [0.15, 0.2) is 5.78 Å². The quantitative estimate of drug-likeness (QED) is 0.787.